The maximum absolute atomic E-state index is 11.4. The van der Waals surface area contributed by atoms with Crippen molar-refractivity contribution in [1.29, 1.82) is 0 Å². The van der Waals surface area contributed by atoms with Crippen molar-refractivity contribution in [3.05, 3.63) is 0 Å². The summed E-state index contributed by atoms with van der Waals surface area (Å²) < 4.78 is 26.7. The lowest BCUT2D eigenvalue weighted by Gasteiger charge is -2.00. The normalized spacial score (nSPS) is 9.82. The summed E-state index contributed by atoms with van der Waals surface area (Å²) in [5.74, 6) is -1.30. The second kappa shape index (κ2) is 4.76. The number of ketones is 1. The Morgan fingerprint density at radius 1 is 1.45 bits per heavy atom. The van der Waals surface area contributed by atoms with Crippen molar-refractivity contribution in [2.75, 3.05) is 6.61 Å². The molecule has 0 saturated carbocycles. The molecule has 5 heteroatoms. The zero-order valence-corrected chi connectivity index (χ0v) is 5.97. The topological polar surface area (TPSA) is 43.4 Å². The highest BCUT2D eigenvalue weighted by Crippen LogP contribution is 1.95. The van der Waals surface area contributed by atoms with Crippen LogP contribution in [-0.4, -0.2) is 24.8 Å². The highest BCUT2D eigenvalue weighted by Gasteiger charge is 2.09. The molecule has 0 unspecified atom stereocenters. The number of ether oxygens (including phenoxy) is 1. The first-order valence-electron chi connectivity index (χ1n) is 2.95. The quantitative estimate of drug-likeness (QED) is 0.457. The van der Waals surface area contributed by atoms with E-state index in [1.54, 1.807) is 0 Å². The van der Waals surface area contributed by atoms with Gasteiger partial charge in [0.2, 0.25) is 0 Å². The van der Waals surface area contributed by atoms with Gasteiger partial charge in [-0.1, -0.05) is 0 Å². The summed E-state index contributed by atoms with van der Waals surface area (Å²) in [5, 5.41) is 0. The van der Waals surface area contributed by atoms with Crippen molar-refractivity contribution in [1.82, 2.24) is 0 Å². The number of carbonyl (C=O) groups is 2. The molecular formula is C6H8F2O3. The molecule has 0 heterocycles. The molecule has 0 fully saturated rings. The Morgan fingerprint density at radius 2 is 2.00 bits per heavy atom. The van der Waals surface area contributed by atoms with Crippen molar-refractivity contribution in [3.8, 4) is 0 Å². The molecule has 0 spiro atoms. The number of Topliss-reactive ketones (excluding diaryl/α,β-unsaturated/α-hetero) is 1. The number of esters is 1. The molecule has 0 amide bonds. The molecule has 0 aliphatic heterocycles. The molecule has 0 atom stereocenters. The first kappa shape index (κ1) is 10.0. The van der Waals surface area contributed by atoms with Crippen LogP contribution < -0.4 is 0 Å². The third-order valence-corrected chi connectivity index (χ3v) is 0.764. The molecule has 0 aromatic carbocycles. The zero-order chi connectivity index (χ0) is 8.85. The SMILES string of the molecule is CC(=O)CC(=O)OCC(F)F. The summed E-state index contributed by atoms with van der Waals surface area (Å²) in [4.78, 5) is 20.6. The second-order valence-corrected chi connectivity index (χ2v) is 1.95. The van der Waals surface area contributed by atoms with Gasteiger partial charge in [0.1, 0.15) is 12.2 Å². The molecule has 0 saturated heterocycles. The first-order chi connectivity index (χ1) is 5.02. The van der Waals surface area contributed by atoms with Crippen molar-refractivity contribution in [2.24, 2.45) is 0 Å². The van der Waals surface area contributed by atoms with Gasteiger partial charge >= 0.3 is 5.97 Å². The van der Waals surface area contributed by atoms with E-state index >= 15 is 0 Å². The van der Waals surface area contributed by atoms with Crippen molar-refractivity contribution < 1.29 is 23.1 Å². The van der Waals surface area contributed by atoms with Crippen molar-refractivity contribution >= 4 is 11.8 Å². The Morgan fingerprint density at radius 3 is 2.36 bits per heavy atom. The van der Waals surface area contributed by atoms with E-state index in [-0.39, 0.29) is 0 Å². The van der Waals surface area contributed by atoms with Crippen LogP contribution in [0, 0.1) is 0 Å². The maximum Gasteiger partial charge on any atom is 0.313 e. The van der Waals surface area contributed by atoms with Gasteiger partial charge in [-0.2, -0.15) is 0 Å². The molecule has 3 nitrogen and oxygen atoms in total. The summed E-state index contributed by atoms with van der Waals surface area (Å²) in [6.45, 7) is 0.246. The van der Waals surface area contributed by atoms with Gasteiger partial charge in [0.25, 0.3) is 6.43 Å². The summed E-state index contributed by atoms with van der Waals surface area (Å²) >= 11 is 0. The van der Waals surface area contributed by atoms with Gasteiger partial charge in [0.05, 0.1) is 0 Å². The lowest BCUT2D eigenvalue weighted by Crippen LogP contribution is -2.13. The van der Waals surface area contributed by atoms with Crippen LogP contribution >= 0.6 is 0 Å². The minimum Gasteiger partial charge on any atom is -0.459 e. The predicted molar refractivity (Wildman–Crippen MR) is 32.3 cm³/mol. The van der Waals surface area contributed by atoms with E-state index in [2.05, 4.69) is 4.74 Å². The van der Waals surface area contributed by atoms with E-state index in [4.69, 9.17) is 0 Å². The van der Waals surface area contributed by atoms with E-state index in [1.807, 2.05) is 0 Å². The summed E-state index contributed by atoms with van der Waals surface area (Å²) in [6, 6.07) is 0. The molecular weight excluding hydrogens is 158 g/mol. The molecule has 0 aromatic rings. The summed E-state index contributed by atoms with van der Waals surface area (Å²) in [5.41, 5.74) is 0. The number of carbonyl (C=O) groups excluding carboxylic acids is 2. The smallest absolute Gasteiger partial charge is 0.313 e. The van der Waals surface area contributed by atoms with Crippen LogP contribution in [0.2, 0.25) is 0 Å². The number of hydrogen-bond donors (Lipinski definition) is 0. The van der Waals surface area contributed by atoms with Crippen molar-refractivity contribution in [3.63, 3.8) is 0 Å². The van der Waals surface area contributed by atoms with Gasteiger partial charge in [-0.05, 0) is 6.92 Å². The van der Waals surface area contributed by atoms with Crippen LogP contribution in [-0.2, 0) is 14.3 Å². The van der Waals surface area contributed by atoms with Crippen LogP contribution in [0.4, 0.5) is 8.78 Å². The highest BCUT2D eigenvalue weighted by atomic mass is 19.3. The van der Waals surface area contributed by atoms with E-state index in [1.165, 1.54) is 6.92 Å². The lowest BCUT2D eigenvalue weighted by molar-refractivity contribution is -0.149. The molecule has 0 N–H and O–H groups in total. The predicted octanol–water partition coefficient (Wildman–Crippen LogP) is 0.774. The van der Waals surface area contributed by atoms with Gasteiger partial charge in [-0.3, -0.25) is 9.59 Å². The van der Waals surface area contributed by atoms with E-state index < -0.39 is 31.2 Å². The average molecular weight is 166 g/mol. The Balaban J connectivity index is 3.46. The van der Waals surface area contributed by atoms with Crippen LogP contribution in [0.5, 0.6) is 0 Å². The van der Waals surface area contributed by atoms with E-state index in [0.717, 1.165) is 0 Å². The fraction of sp³-hybridized carbons (Fsp3) is 0.667. The third kappa shape index (κ3) is 6.89. The largest absolute Gasteiger partial charge is 0.459 e. The minimum atomic E-state index is -2.68. The molecule has 0 radical (unpaired) electrons. The van der Waals surface area contributed by atoms with Gasteiger partial charge in [-0.15, -0.1) is 0 Å². The summed E-state index contributed by atoms with van der Waals surface area (Å²) in [7, 11) is 0. The monoisotopic (exact) mass is 166 g/mol. The minimum absolute atomic E-state index is 0.399. The van der Waals surface area contributed by atoms with Crippen molar-refractivity contribution in [2.45, 2.75) is 19.8 Å². The fourth-order valence-corrected chi connectivity index (χ4v) is 0.410. The number of halogens is 2. The molecule has 64 valence electrons. The van der Waals surface area contributed by atoms with Gasteiger partial charge in [-0.25, -0.2) is 8.78 Å². The van der Waals surface area contributed by atoms with Gasteiger partial charge in [0.15, 0.2) is 6.61 Å². The molecule has 0 aromatic heterocycles. The fourth-order valence-electron chi connectivity index (χ4n) is 0.410. The Kier molecular flexibility index (Phi) is 4.33. The Bertz CT molecular complexity index is 156. The molecule has 0 bridgehead atoms. The molecule has 0 rings (SSSR count). The first-order valence-corrected chi connectivity index (χ1v) is 2.95. The van der Waals surface area contributed by atoms with Crippen LogP contribution in [0.15, 0.2) is 0 Å². The standard InChI is InChI=1S/C6H8F2O3/c1-4(9)2-6(10)11-3-5(7)8/h5H,2-3H2,1H3. The molecule has 11 heavy (non-hydrogen) atoms. The second-order valence-electron chi connectivity index (χ2n) is 1.95. The highest BCUT2D eigenvalue weighted by molar-refractivity contribution is 5.94. The molecule has 0 aliphatic rings. The molecule has 0 aliphatic carbocycles. The maximum atomic E-state index is 11.4. The Hall–Kier alpha value is -1.00. The Labute approximate surface area is 62.3 Å². The van der Waals surface area contributed by atoms with Crippen LogP contribution in [0.3, 0.4) is 0 Å². The number of hydrogen-bond acceptors (Lipinski definition) is 3. The number of rotatable bonds is 4. The van der Waals surface area contributed by atoms with E-state index in [9.17, 15) is 18.4 Å². The van der Waals surface area contributed by atoms with Crippen LogP contribution in [0.1, 0.15) is 13.3 Å². The average Bonchev–Trinajstić information content (AvgIpc) is 1.82. The third-order valence-electron chi connectivity index (χ3n) is 0.764. The van der Waals surface area contributed by atoms with Crippen LogP contribution in [0.25, 0.3) is 0 Å². The van der Waals surface area contributed by atoms with E-state index in [0.29, 0.717) is 0 Å². The number of alkyl halides is 2. The van der Waals surface area contributed by atoms with Gasteiger partial charge in [0, 0.05) is 0 Å². The summed E-state index contributed by atoms with van der Waals surface area (Å²) in [6.07, 6.45) is -3.11. The van der Waals surface area contributed by atoms with Gasteiger partial charge < -0.3 is 4.74 Å². The lowest BCUT2D eigenvalue weighted by atomic mass is 10.3. The zero-order valence-electron chi connectivity index (χ0n) is 5.97.